The van der Waals surface area contributed by atoms with Gasteiger partial charge in [0.05, 0.1) is 11.6 Å². The molecule has 1 heterocycles. The van der Waals surface area contributed by atoms with E-state index in [9.17, 15) is 10.1 Å². The van der Waals surface area contributed by atoms with Gasteiger partial charge < -0.3 is 4.74 Å². The number of benzene rings is 2. The van der Waals surface area contributed by atoms with Crippen molar-refractivity contribution in [2.45, 2.75) is 6.61 Å². The Morgan fingerprint density at radius 2 is 1.84 bits per heavy atom. The van der Waals surface area contributed by atoms with Crippen molar-refractivity contribution in [1.82, 2.24) is 4.98 Å². The van der Waals surface area contributed by atoms with Crippen molar-refractivity contribution in [1.29, 1.82) is 5.26 Å². The summed E-state index contributed by atoms with van der Waals surface area (Å²) in [7, 11) is 0. The van der Waals surface area contributed by atoms with E-state index < -0.39 is 6.09 Å². The highest BCUT2D eigenvalue weighted by Gasteiger charge is 2.09. The van der Waals surface area contributed by atoms with Crippen LogP contribution in [0.1, 0.15) is 11.1 Å². The van der Waals surface area contributed by atoms with Gasteiger partial charge in [0.25, 0.3) is 0 Å². The Morgan fingerprint density at radius 3 is 2.56 bits per heavy atom. The lowest BCUT2D eigenvalue weighted by molar-refractivity contribution is 0.155. The van der Waals surface area contributed by atoms with Crippen molar-refractivity contribution in [3.05, 3.63) is 84.2 Å². The van der Waals surface area contributed by atoms with Crippen LogP contribution in [0.3, 0.4) is 0 Å². The fourth-order valence-corrected chi connectivity index (χ4v) is 2.37. The predicted octanol–water partition coefficient (Wildman–Crippen LogP) is 4.37. The smallest absolute Gasteiger partial charge is 0.411 e. The highest BCUT2D eigenvalue weighted by molar-refractivity contribution is 5.86. The Balaban J connectivity index is 1.72. The molecule has 0 fully saturated rings. The molecule has 5 heteroatoms. The largest absolute Gasteiger partial charge is 0.444 e. The molecule has 0 saturated heterocycles. The summed E-state index contributed by atoms with van der Waals surface area (Å²) in [5, 5.41) is 12.0. The number of amides is 1. The molecular formula is C20H15N3O2. The maximum atomic E-state index is 12.0. The number of carbonyl (C=O) groups is 1. The van der Waals surface area contributed by atoms with Gasteiger partial charge >= 0.3 is 6.09 Å². The lowest BCUT2D eigenvalue weighted by Gasteiger charge is -2.10. The molecule has 1 amide bonds. The summed E-state index contributed by atoms with van der Waals surface area (Å²) in [6.07, 6.45) is 2.77. The van der Waals surface area contributed by atoms with Gasteiger partial charge in [-0.3, -0.25) is 10.3 Å². The molecule has 0 aliphatic carbocycles. The van der Waals surface area contributed by atoms with E-state index in [4.69, 9.17) is 4.74 Å². The Hall–Kier alpha value is -3.65. The van der Waals surface area contributed by atoms with E-state index in [1.165, 1.54) is 0 Å². The Kier molecular flexibility index (Phi) is 5.03. The summed E-state index contributed by atoms with van der Waals surface area (Å²) < 4.78 is 5.21. The Labute approximate surface area is 145 Å². The molecule has 2 aromatic carbocycles. The second-order valence-corrected chi connectivity index (χ2v) is 5.29. The van der Waals surface area contributed by atoms with Crippen molar-refractivity contribution in [2.75, 3.05) is 5.32 Å². The van der Waals surface area contributed by atoms with Gasteiger partial charge in [0, 0.05) is 23.6 Å². The maximum absolute atomic E-state index is 12.0. The first-order valence-corrected chi connectivity index (χ1v) is 7.68. The van der Waals surface area contributed by atoms with Crippen LogP contribution in [0.25, 0.3) is 11.1 Å². The normalized spacial score (nSPS) is 9.88. The molecule has 25 heavy (non-hydrogen) atoms. The quantitative estimate of drug-likeness (QED) is 0.771. The number of anilines is 1. The number of pyridine rings is 1. The second-order valence-electron chi connectivity index (χ2n) is 5.29. The van der Waals surface area contributed by atoms with E-state index >= 15 is 0 Å². The van der Waals surface area contributed by atoms with E-state index in [1.807, 2.05) is 42.5 Å². The van der Waals surface area contributed by atoms with Gasteiger partial charge in [0.15, 0.2) is 0 Å². The van der Waals surface area contributed by atoms with Gasteiger partial charge in [0.1, 0.15) is 6.61 Å². The summed E-state index contributed by atoms with van der Waals surface area (Å²) >= 11 is 0. The van der Waals surface area contributed by atoms with Crippen molar-refractivity contribution in [3.63, 3.8) is 0 Å². The number of nitriles is 1. The van der Waals surface area contributed by atoms with Crippen LogP contribution in [0.2, 0.25) is 0 Å². The van der Waals surface area contributed by atoms with Crippen LogP contribution in [-0.2, 0) is 11.3 Å². The molecule has 0 atom stereocenters. The molecule has 0 saturated carbocycles. The zero-order valence-corrected chi connectivity index (χ0v) is 13.3. The molecule has 3 rings (SSSR count). The summed E-state index contributed by atoms with van der Waals surface area (Å²) in [5.74, 6) is 0. The number of aromatic nitrogens is 1. The average molecular weight is 329 g/mol. The molecule has 0 radical (unpaired) electrons. The monoisotopic (exact) mass is 329 g/mol. The third-order valence-corrected chi connectivity index (χ3v) is 3.59. The minimum atomic E-state index is -0.547. The molecule has 0 spiro atoms. The topological polar surface area (TPSA) is 75.0 Å². The number of hydrogen-bond acceptors (Lipinski definition) is 4. The zero-order chi connectivity index (χ0) is 17.5. The lowest BCUT2D eigenvalue weighted by Crippen LogP contribution is -2.13. The number of nitrogens with zero attached hydrogens (tertiary/aromatic N) is 2. The minimum Gasteiger partial charge on any atom is -0.444 e. The highest BCUT2D eigenvalue weighted by atomic mass is 16.5. The van der Waals surface area contributed by atoms with Crippen molar-refractivity contribution >= 4 is 11.8 Å². The number of rotatable bonds is 4. The van der Waals surface area contributed by atoms with Crippen LogP contribution in [0.5, 0.6) is 0 Å². The molecule has 0 unspecified atom stereocenters. The van der Waals surface area contributed by atoms with Crippen LogP contribution in [0.4, 0.5) is 10.5 Å². The van der Waals surface area contributed by atoms with Gasteiger partial charge in [-0.25, -0.2) is 4.79 Å². The number of nitrogens with one attached hydrogen (secondary N) is 1. The Bertz CT molecular complexity index is 903. The average Bonchev–Trinajstić information content (AvgIpc) is 2.68. The molecule has 0 bridgehead atoms. The molecule has 0 aliphatic rings. The van der Waals surface area contributed by atoms with E-state index in [-0.39, 0.29) is 6.61 Å². The fourth-order valence-electron chi connectivity index (χ4n) is 2.37. The van der Waals surface area contributed by atoms with Crippen molar-refractivity contribution < 1.29 is 9.53 Å². The van der Waals surface area contributed by atoms with Crippen LogP contribution in [0, 0.1) is 11.3 Å². The van der Waals surface area contributed by atoms with E-state index in [0.717, 1.165) is 16.7 Å². The second kappa shape index (κ2) is 7.75. The van der Waals surface area contributed by atoms with Gasteiger partial charge in [-0.2, -0.15) is 5.26 Å². The van der Waals surface area contributed by atoms with Gasteiger partial charge in [0.2, 0.25) is 0 Å². The van der Waals surface area contributed by atoms with Crippen LogP contribution in [0.15, 0.2) is 73.1 Å². The molecule has 3 aromatic rings. The third kappa shape index (κ3) is 4.21. The van der Waals surface area contributed by atoms with E-state index in [0.29, 0.717) is 11.3 Å². The SMILES string of the molecule is N#Cc1ccc(NC(=O)OCc2ccccc2)cc1-c1ccncc1. The van der Waals surface area contributed by atoms with Gasteiger partial charge in [-0.1, -0.05) is 30.3 Å². The molecule has 1 N–H and O–H groups in total. The summed E-state index contributed by atoms with van der Waals surface area (Å²) in [4.78, 5) is 16.0. The molecule has 5 nitrogen and oxygen atoms in total. The molecule has 1 aromatic heterocycles. The van der Waals surface area contributed by atoms with E-state index in [2.05, 4.69) is 16.4 Å². The summed E-state index contributed by atoms with van der Waals surface area (Å²) in [6, 6.07) is 20.3. The predicted molar refractivity (Wildman–Crippen MR) is 94.6 cm³/mol. The molecule has 0 aliphatic heterocycles. The highest BCUT2D eigenvalue weighted by Crippen LogP contribution is 2.26. The van der Waals surface area contributed by atoms with Crippen molar-refractivity contribution in [3.8, 4) is 17.2 Å². The Morgan fingerprint density at radius 1 is 1.08 bits per heavy atom. The van der Waals surface area contributed by atoms with E-state index in [1.54, 1.807) is 30.6 Å². The van der Waals surface area contributed by atoms with Crippen LogP contribution in [-0.4, -0.2) is 11.1 Å². The molecule has 122 valence electrons. The lowest BCUT2D eigenvalue weighted by atomic mass is 10.0. The summed E-state index contributed by atoms with van der Waals surface area (Å²) in [5.41, 5.74) is 3.58. The number of carbonyl (C=O) groups excluding carboxylic acids is 1. The standard InChI is InChI=1S/C20H15N3O2/c21-13-17-6-7-18(12-19(17)16-8-10-22-11-9-16)23-20(24)25-14-15-4-2-1-3-5-15/h1-12H,14H2,(H,23,24). The van der Waals surface area contributed by atoms with Crippen LogP contribution >= 0.6 is 0 Å². The van der Waals surface area contributed by atoms with Crippen LogP contribution < -0.4 is 5.32 Å². The third-order valence-electron chi connectivity index (χ3n) is 3.59. The van der Waals surface area contributed by atoms with Crippen molar-refractivity contribution in [2.24, 2.45) is 0 Å². The first-order valence-electron chi connectivity index (χ1n) is 7.68. The van der Waals surface area contributed by atoms with Gasteiger partial charge in [-0.15, -0.1) is 0 Å². The minimum absolute atomic E-state index is 0.195. The fraction of sp³-hybridized carbons (Fsp3) is 0.0500. The first kappa shape index (κ1) is 16.2. The number of hydrogen-bond donors (Lipinski definition) is 1. The maximum Gasteiger partial charge on any atom is 0.411 e. The first-order chi connectivity index (χ1) is 12.3. The molecular weight excluding hydrogens is 314 g/mol. The summed E-state index contributed by atoms with van der Waals surface area (Å²) in [6.45, 7) is 0.195. The van der Waals surface area contributed by atoms with Gasteiger partial charge in [-0.05, 0) is 41.5 Å². The zero-order valence-electron chi connectivity index (χ0n) is 13.3. The number of ether oxygens (including phenoxy) is 1.